The van der Waals surface area contributed by atoms with E-state index >= 15 is 0 Å². The van der Waals surface area contributed by atoms with Gasteiger partial charge in [-0.2, -0.15) is 0 Å². The molecule has 15 heavy (non-hydrogen) atoms. The van der Waals surface area contributed by atoms with Crippen molar-refractivity contribution in [1.29, 1.82) is 0 Å². The molecular weight excluding hydrogens is 194 g/mol. The van der Waals surface area contributed by atoms with Gasteiger partial charge < -0.3 is 20.4 Å². The first-order valence-electron chi connectivity index (χ1n) is 4.91. The molecule has 0 spiro atoms. The first kappa shape index (κ1) is 9.85. The molecular formula is C9H15N5O. The summed E-state index contributed by atoms with van der Waals surface area (Å²) in [7, 11) is 0. The highest BCUT2D eigenvalue weighted by Gasteiger charge is 2.26. The lowest BCUT2D eigenvalue weighted by Crippen LogP contribution is -2.46. The fourth-order valence-corrected chi connectivity index (χ4v) is 1.60. The first-order chi connectivity index (χ1) is 7.26. The van der Waals surface area contributed by atoms with Gasteiger partial charge in [0.15, 0.2) is 11.7 Å². The maximum absolute atomic E-state index is 5.39. The zero-order chi connectivity index (χ0) is 10.8. The summed E-state index contributed by atoms with van der Waals surface area (Å²) in [5.41, 5.74) is 2.54. The molecule has 1 unspecified atom stereocenters. The fourth-order valence-electron chi connectivity index (χ4n) is 1.60. The molecule has 6 nitrogen and oxygen atoms in total. The molecule has 0 saturated heterocycles. The van der Waals surface area contributed by atoms with Crippen LogP contribution in [-0.2, 0) is 4.74 Å². The largest absolute Gasteiger partial charge is 0.456 e. The van der Waals surface area contributed by atoms with Gasteiger partial charge in [0.25, 0.3) is 0 Å². The van der Waals surface area contributed by atoms with Crippen LogP contribution in [0.4, 0.5) is 0 Å². The van der Waals surface area contributed by atoms with Crippen molar-refractivity contribution in [2.75, 3.05) is 6.54 Å². The Kier molecular flexibility index (Phi) is 2.51. The van der Waals surface area contributed by atoms with E-state index in [0.29, 0.717) is 11.6 Å². The molecule has 0 saturated carbocycles. The van der Waals surface area contributed by atoms with Crippen LogP contribution in [-0.4, -0.2) is 23.4 Å². The van der Waals surface area contributed by atoms with Crippen LogP contribution in [0, 0.1) is 0 Å². The molecule has 0 aromatic carbocycles. The molecule has 2 heterocycles. The van der Waals surface area contributed by atoms with Crippen molar-refractivity contribution in [1.82, 2.24) is 15.6 Å². The van der Waals surface area contributed by atoms with Gasteiger partial charge >= 0.3 is 0 Å². The standard InChI is InChI=1S/C9H15N5O/c1-3-14-4-5-15-7-8(13-10)11-6(2)12-9(7)14/h4-6,12H,3,10H2,1-2H3,(H,11,13). The van der Waals surface area contributed by atoms with Crippen LogP contribution in [0.3, 0.4) is 0 Å². The van der Waals surface area contributed by atoms with Crippen LogP contribution in [0.1, 0.15) is 13.8 Å². The van der Waals surface area contributed by atoms with Gasteiger partial charge in [0.2, 0.25) is 5.76 Å². The van der Waals surface area contributed by atoms with E-state index in [2.05, 4.69) is 22.7 Å². The second-order valence-corrected chi connectivity index (χ2v) is 3.31. The van der Waals surface area contributed by atoms with E-state index in [9.17, 15) is 0 Å². The maximum atomic E-state index is 5.39. The van der Waals surface area contributed by atoms with Crippen molar-refractivity contribution >= 4 is 5.84 Å². The topological polar surface area (TPSA) is 74.9 Å². The molecule has 2 aliphatic rings. The maximum Gasteiger partial charge on any atom is 0.210 e. The molecule has 1 atom stereocenters. The minimum Gasteiger partial charge on any atom is -0.456 e. The van der Waals surface area contributed by atoms with Crippen molar-refractivity contribution in [3.05, 3.63) is 24.0 Å². The quantitative estimate of drug-likeness (QED) is 0.411. The molecule has 2 aliphatic heterocycles. The predicted octanol–water partition coefficient (Wildman–Crippen LogP) is -0.210. The van der Waals surface area contributed by atoms with E-state index < -0.39 is 0 Å². The highest BCUT2D eigenvalue weighted by molar-refractivity contribution is 5.97. The smallest absolute Gasteiger partial charge is 0.210 e. The minimum absolute atomic E-state index is 0.0149. The number of hydrogen-bond donors (Lipinski definition) is 3. The predicted molar refractivity (Wildman–Crippen MR) is 57.0 cm³/mol. The normalized spacial score (nSPS) is 24.1. The van der Waals surface area contributed by atoms with Gasteiger partial charge in [-0.1, -0.05) is 0 Å². The van der Waals surface area contributed by atoms with Crippen molar-refractivity contribution < 1.29 is 4.74 Å². The lowest BCUT2D eigenvalue weighted by Gasteiger charge is -2.33. The Morgan fingerprint density at radius 3 is 3.20 bits per heavy atom. The Hall–Kier alpha value is -1.69. The van der Waals surface area contributed by atoms with E-state index in [0.717, 1.165) is 12.4 Å². The van der Waals surface area contributed by atoms with E-state index in [4.69, 9.17) is 10.6 Å². The Labute approximate surface area is 88.4 Å². The van der Waals surface area contributed by atoms with Gasteiger partial charge in [0, 0.05) is 12.7 Å². The summed E-state index contributed by atoms with van der Waals surface area (Å²) in [5.74, 6) is 7.50. The van der Waals surface area contributed by atoms with Crippen LogP contribution in [0.2, 0.25) is 0 Å². The summed E-state index contributed by atoms with van der Waals surface area (Å²) >= 11 is 0. The summed E-state index contributed by atoms with van der Waals surface area (Å²) in [6, 6.07) is 0. The third kappa shape index (κ3) is 1.63. The third-order valence-corrected chi connectivity index (χ3v) is 2.29. The number of aliphatic imine (C=N–C) groups is 1. The summed E-state index contributed by atoms with van der Waals surface area (Å²) < 4.78 is 5.39. The van der Waals surface area contributed by atoms with Gasteiger partial charge in [-0.15, -0.1) is 0 Å². The summed E-state index contributed by atoms with van der Waals surface area (Å²) in [4.78, 5) is 6.32. The molecule has 0 aliphatic carbocycles. The lowest BCUT2D eigenvalue weighted by atomic mass is 10.3. The number of nitrogens with two attached hydrogens (primary N) is 1. The van der Waals surface area contributed by atoms with Crippen molar-refractivity contribution in [2.24, 2.45) is 10.8 Å². The number of rotatable bonds is 1. The van der Waals surface area contributed by atoms with Gasteiger partial charge in [-0.25, -0.2) is 10.8 Å². The molecule has 0 fully saturated rings. The zero-order valence-corrected chi connectivity index (χ0v) is 8.82. The lowest BCUT2D eigenvalue weighted by molar-refractivity contribution is 0.279. The molecule has 0 amide bonds. The highest BCUT2D eigenvalue weighted by Crippen LogP contribution is 2.20. The number of hydrazine groups is 1. The van der Waals surface area contributed by atoms with Gasteiger partial charge in [0.05, 0.1) is 0 Å². The zero-order valence-electron chi connectivity index (χ0n) is 8.82. The molecule has 82 valence electrons. The van der Waals surface area contributed by atoms with Crippen molar-refractivity contribution in [2.45, 2.75) is 20.0 Å². The van der Waals surface area contributed by atoms with Crippen LogP contribution < -0.4 is 16.6 Å². The Balaban J connectivity index is 2.34. The molecule has 4 N–H and O–H groups in total. The van der Waals surface area contributed by atoms with E-state index in [-0.39, 0.29) is 6.17 Å². The second kappa shape index (κ2) is 3.82. The Bertz CT molecular complexity index is 346. The summed E-state index contributed by atoms with van der Waals surface area (Å²) in [6.45, 7) is 4.87. The monoisotopic (exact) mass is 209 g/mol. The average Bonchev–Trinajstić information content (AvgIpc) is 2.27. The number of nitrogens with zero attached hydrogens (tertiary/aromatic N) is 2. The number of nitrogens with one attached hydrogen (secondary N) is 2. The van der Waals surface area contributed by atoms with Crippen LogP contribution >= 0.6 is 0 Å². The van der Waals surface area contributed by atoms with Crippen LogP contribution in [0.25, 0.3) is 0 Å². The molecule has 6 heteroatoms. The van der Waals surface area contributed by atoms with Crippen molar-refractivity contribution in [3.63, 3.8) is 0 Å². The molecule has 2 rings (SSSR count). The van der Waals surface area contributed by atoms with Gasteiger partial charge in [-0.05, 0) is 13.8 Å². The average molecular weight is 209 g/mol. The highest BCUT2D eigenvalue weighted by atomic mass is 16.5. The van der Waals surface area contributed by atoms with Gasteiger partial charge in [0.1, 0.15) is 12.4 Å². The number of amidine groups is 1. The van der Waals surface area contributed by atoms with Crippen LogP contribution in [0.15, 0.2) is 29.0 Å². The van der Waals surface area contributed by atoms with Crippen molar-refractivity contribution in [3.8, 4) is 0 Å². The molecule has 0 aromatic rings. The number of hydrogen-bond acceptors (Lipinski definition) is 6. The third-order valence-electron chi connectivity index (χ3n) is 2.29. The summed E-state index contributed by atoms with van der Waals surface area (Å²) in [6.07, 6.45) is 3.48. The molecule has 0 radical (unpaired) electrons. The molecule has 0 aromatic heterocycles. The minimum atomic E-state index is -0.0149. The van der Waals surface area contributed by atoms with Gasteiger partial charge in [-0.3, -0.25) is 0 Å². The first-order valence-corrected chi connectivity index (χ1v) is 4.91. The van der Waals surface area contributed by atoms with E-state index in [1.165, 1.54) is 0 Å². The molecule has 0 bridgehead atoms. The van der Waals surface area contributed by atoms with E-state index in [1.54, 1.807) is 6.26 Å². The van der Waals surface area contributed by atoms with Crippen LogP contribution in [0.5, 0.6) is 0 Å². The van der Waals surface area contributed by atoms with E-state index in [1.807, 2.05) is 18.0 Å². The summed E-state index contributed by atoms with van der Waals surface area (Å²) in [5, 5.41) is 3.23. The Morgan fingerprint density at radius 1 is 1.73 bits per heavy atom. The SMILES string of the molecule is CCN1C=COC2=C1NC(C)N=C2NN. The second-order valence-electron chi connectivity index (χ2n) is 3.31. The number of ether oxygens (including phenoxy) is 1. The fraction of sp³-hybridized carbons (Fsp3) is 0.444. The Morgan fingerprint density at radius 2 is 2.53 bits per heavy atom.